The van der Waals surface area contributed by atoms with Crippen molar-refractivity contribution in [3.63, 3.8) is 0 Å². The number of nitrogen functional groups attached to an aromatic ring is 1. The maximum atomic E-state index is 13.1. The Balaban J connectivity index is 1.44. The Hall–Kier alpha value is -4.33. The van der Waals surface area contributed by atoms with Crippen LogP contribution < -0.4 is 26.4 Å². The molecule has 0 radical (unpaired) electrons. The molecular weight excluding hydrogens is 608 g/mol. The van der Waals surface area contributed by atoms with Crippen molar-refractivity contribution in [3.8, 4) is 5.75 Å². The fraction of sp³-hybridized carbons (Fsp3) is 0.417. The van der Waals surface area contributed by atoms with Crippen LogP contribution in [0.1, 0.15) is 29.5 Å². The van der Waals surface area contributed by atoms with Crippen LogP contribution in [0, 0.1) is 12.3 Å². The smallest absolute Gasteiger partial charge is 0.362 e. The van der Waals surface area contributed by atoms with Crippen molar-refractivity contribution in [2.24, 2.45) is 5.16 Å². The second kappa shape index (κ2) is 12.9. The van der Waals surface area contributed by atoms with Crippen LogP contribution in [0.5, 0.6) is 5.75 Å². The van der Waals surface area contributed by atoms with Crippen LogP contribution in [-0.4, -0.2) is 101 Å². The van der Waals surface area contributed by atoms with Crippen molar-refractivity contribution >= 4 is 56.1 Å². The number of aliphatic carboxylic acids is 1. The molecule has 0 spiro atoms. The van der Waals surface area contributed by atoms with Crippen LogP contribution in [0.4, 0.5) is 5.13 Å². The Kier molecular flexibility index (Phi) is 9.48. The molecule has 2 aliphatic heterocycles. The zero-order chi connectivity index (χ0) is 31.5. The molecule has 1 aromatic heterocycles. The molecule has 19 heteroatoms. The molecule has 0 saturated carbocycles. The number of rotatable bonds is 12. The Morgan fingerprint density at radius 1 is 1.33 bits per heavy atom. The van der Waals surface area contributed by atoms with E-state index in [-0.39, 0.29) is 27.0 Å². The summed E-state index contributed by atoms with van der Waals surface area (Å²) in [6.07, 6.45) is -0.779. The number of nitrogens with one attached hydrogen (secondary N) is 4. The van der Waals surface area contributed by atoms with Crippen molar-refractivity contribution in [1.82, 2.24) is 25.2 Å². The minimum absolute atomic E-state index is 0.0452. The third-order valence-corrected chi connectivity index (χ3v) is 8.43. The van der Waals surface area contributed by atoms with E-state index in [0.29, 0.717) is 16.2 Å². The normalized spacial score (nSPS) is 21.1. The molecule has 8 N–H and O–H groups in total. The van der Waals surface area contributed by atoms with Gasteiger partial charge in [-0.2, -0.15) is 8.42 Å². The lowest BCUT2D eigenvalue weighted by molar-refractivity contribution is -0.152. The van der Waals surface area contributed by atoms with Crippen LogP contribution in [-0.2, 0) is 29.5 Å². The number of hydrogen-bond donors (Lipinski definition) is 7. The third-order valence-electron chi connectivity index (χ3n) is 6.62. The summed E-state index contributed by atoms with van der Waals surface area (Å²) in [7, 11) is -4.83. The average Bonchev–Trinajstić information content (AvgIpc) is 3.57. The van der Waals surface area contributed by atoms with Crippen LogP contribution >= 0.6 is 11.3 Å². The Morgan fingerprint density at radius 3 is 2.56 bits per heavy atom. The molecule has 2 saturated heterocycles. The topological polar surface area (TPSA) is 259 Å². The lowest BCUT2D eigenvalue weighted by Gasteiger charge is -2.42. The molecule has 2 aromatic rings. The second-order valence-electron chi connectivity index (χ2n) is 9.68. The van der Waals surface area contributed by atoms with E-state index in [9.17, 15) is 32.5 Å². The number of nitrogens with two attached hydrogens (primary N) is 1. The average molecular weight is 639 g/mol. The number of amides is 2. The van der Waals surface area contributed by atoms with Gasteiger partial charge in [0.25, 0.3) is 17.9 Å². The number of anilines is 1. The fourth-order valence-electron chi connectivity index (χ4n) is 4.36. The summed E-state index contributed by atoms with van der Waals surface area (Å²) in [6, 6.07) is 4.14. The molecule has 0 bridgehead atoms. The van der Waals surface area contributed by atoms with E-state index in [1.165, 1.54) is 6.92 Å². The van der Waals surface area contributed by atoms with Gasteiger partial charge in [-0.05, 0) is 51.1 Å². The number of carbonyl (C=O) groups is 3. The predicted molar refractivity (Wildman–Crippen MR) is 153 cm³/mol. The first kappa shape index (κ1) is 31.6. The van der Waals surface area contributed by atoms with E-state index >= 15 is 0 Å². The molecule has 2 fully saturated rings. The number of oxime groups is 1. The first-order chi connectivity index (χ1) is 20.3. The highest BCUT2D eigenvalue weighted by atomic mass is 32.2. The Bertz CT molecular complexity index is 1540. The number of thiazole rings is 1. The van der Waals surface area contributed by atoms with Crippen LogP contribution in [0.15, 0.2) is 29.4 Å². The molecule has 0 aliphatic carbocycles. The van der Waals surface area contributed by atoms with Gasteiger partial charge in [0.15, 0.2) is 10.8 Å². The summed E-state index contributed by atoms with van der Waals surface area (Å²) in [5.41, 5.74) is 5.79. The third kappa shape index (κ3) is 7.37. The number of carboxylic acids is 1. The van der Waals surface area contributed by atoms with Crippen molar-refractivity contribution < 1.29 is 42.0 Å². The van der Waals surface area contributed by atoms with Gasteiger partial charge in [-0.15, -0.1) is 11.3 Å². The second-order valence-corrected chi connectivity index (χ2v) is 12.2. The van der Waals surface area contributed by atoms with Gasteiger partial charge < -0.3 is 36.4 Å². The number of carboxylic acid groups (broad SMARTS) is 1. The first-order valence-corrected chi connectivity index (χ1v) is 15.1. The fourth-order valence-corrected chi connectivity index (χ4v) is 5.93. The van der Waals surface area contributed by atoms with Crippen molar-refractivity contribution in [2.75, 3.05) is 25.4 Å². The van der Waals surface area contributed by atoms with Crippen molar-refractivity contribution in [2.45, 2.75) is 44.5 Å². The van der Waals surface area contributed by atoms with Gasteiger partial charge in [-0.25, -0.2) is 14.1 Å². The van der Waals surface area contributed by atoms with Gasteiger partial charge in [0, 0.05) is 23.0 Å². The van der Waals surface area contributed by atoms with E-state index in [0.717, 1.165) is 30.8 Å². The number of nitrogens with zero attached hydrogens (tertiary/aromatic N) is 3. The van der Waals surface area contributed by atoms with Crippen molar-refractivity contribution in [1.29, 1.82) is 5.41 Å². The van der Waals surface area contributed by atoms with E-state index in [1.807, 2.05) is 0 Å². The summed E-state index contributed by atoms with van der Waals surface area (Å²) in [6.45, 7) is 4.00. The van der Waals surface area contributed by atoms with E-state index in [1.54, 1.807) is 31.2 Å². The van der Waals surface area contributed by atoms with E-state index < -0.39 is 58.6 Å². The summed E-state index contributed by atoms with van der Waals surface area (Å²) >= 11 is 1.02. The summed E-state index contributed by atoms with van der Waals surface area (Å²) in [5.74, 6) is -3.04. The monoisotopic (exact) mass is 638 g/mol. The lowest BCUT2D eigenvalue weighted by Crippen LogP contribution is -2.71. The highest BCUT2D eigenvalue weighted by Gasteiger charge is 2.51. The number of hydrogen-bond acceptors (Lipinski definition) is 13. The van der Waals surface area contributed by atoms with Gasteiger partial charge in [-0.3, -0.25) is 19.6 Å². The highest BCUT2D eigenvalue weighted by molar-refractivity contribution is 7.84. The van der Waals surface area contributed by atoms with E-state index in [2.05, 4.69) is 26.1 Å². The summed E-state index contributed by atoms with van der Waals surface area (Å²) in [4.78, 5) is 46.9. The maximum absolute atomic E-state index is 13.1. The summed E-state index contributed by atoms with van der Waals surface area (Å²) in [5, 5.41) is 30.3. The Labute approximate surface area is 249 Å². The number of β-lactam (4-membered cyclic amide) rings is 1. The number of benzene rings is 1. The number of amidine groups is 1. The minimum Gasteiger partial charge on any atom is -0.489 e. The molecule has 3 heterocycles. The van der Waals surface area contributed by atoms with Gasteiger partial charge >= 0.3 is 16.3 Å². The van der Waals surface area contributed by atoms with Gasteiger partial charge in [0.2, 0.25) is 0 Å². The largest absolute Gasteiger partial charge is 0.489 e. The van der Waals surface area contributed by atoms with Gasteiger partial charge in [0.1, 0.15) is 29.9 Å². The zero-order valence-corrected chi connectivity index (χ0v) is 24.6. The molecule has 43 heavy (non-hydrogen) atoms. The number of ether oxygens (including phenoxy) is 1. The number of carbonyl (C=O) groups excluding carboxylic acids is 2. The van der Waals surface area contributed by atoms with Crippen LogP contribution in [0.25, 0.3) is 0 Å². The van der Waals surface area contributed by atoms with Crippen molar-refractivity contribution in [3.05, 3.63) is 40.4 Å². The zero-order valence-electron chi connectivity index (χ0n) is 22.9. The molecule has 2 amide bonds. The standard InChI is InChI=1S/C24H30N8O9S2/c1-11-17(22(34)32(11)43(37,38)39)29-21(33)19(18-12(2)42-24(26)30-18)31-41-16(23(35)36)10-40-15-5-3-13(4-6-15)20(25)28-14-7-8-27-9-14/h3-6,11,14,16-17,27H,7-10H2,1-2H3,(H2,25,28)(H2,26,30)(H,29,33)(H,35,36)(H,37,38,39)/b31-19-/t11-,14+,16?,17-/m0/s1. The summed E-state index contributed by atoms with van der Waals surface area (Å²) < 4.78 is 37.7. The molecule has 2 aliphatic rings. The molecule has 1 unspecified atom stereocenters. The molecule has 1 aromatic carbocycles. The van der Waals surface area contributed by atoms with Gasteiger partial charge in [0.05, 0.1) is 6.04 Å². The minimum atomic E-state index is -4.83. The molecule has 232 valence electrons. The van der Waals surface area contributed by atoms with Crippen LogP contribution in [0.3, 0.4) is 0 Å². The van der Waals surface area contributed by atoms with Gasteiger partial charge in [-0.1, -0.05) is 5.16 Å². The molecule has 17 nitrogen and oxygen atoms in total. The number of aryl methyl sites for hydroxylation is 1. The molecule has 4 rings (SSSR count). The maximum Gasteiger partial charge on any atom is 0.362 e. The SMILES string of the molecule is Cc1sc(N)nc1/C(=N/OC(COc1ccc(C(=N)N[C@@H]2CCNC2)cc1)C(=O)O)C(=O)N[C@@H]1C(=O)N(S(=O)(=O)O)[C@H]1C. The Morgan fingerprint density at radius 2 is 2.02 bits per heavy atom. The lowest BCUT2D eigenvalue weighted by atomic mass is 10.0. The highest BCUT2D eigenvalue weighted by Crippen LogP contribution is 2.24. The predicted octanol–water partition coefficient (Wildman–Crippen LogP) is -0.918. The van der Waals surface area contributed by atoms with Crippen LogP contribution in [0.2, 0.25) is 0 Å². The number of aromatic nitrogens is 1. The first-order valence-electron chi connectivity index (χ1n) is 12.9. The molecular formula is C24H30N8O9S2. The molecule has 4 atom stereocenters. The van der Waals surface area contributed by atoms with E-state index in [4.69, 9.17) is 20.7 Å². The quantitative estimate of drug-likeness (QED) is 0.0488.